The lowest BCUT2D eigenvalue weighted by Crippen LogP contribution is -2.29. The average Bonchev–Trinajstić information content (AvgIpc) is 3.16. The van der Waals surface area contributed by atoms with Gasteiger partial charge in [0.1, 0.15) is 0 Å². The number of methoxy groups -OCH3 is 1. The third kappa shape index (κ3) is 4.01. The van der Waals surface area contributed by atoms with E-state index in [1.165, 1.54) is 12.0 Å². The van der Waals surface area contributed by atoms with Crippen molar-refractivity contribution in [3.8, 4) is 0 Å². The van der Waals surface area contributed by atoms with E-state index in [9.17, 15) is 9.59 Å². The second-order valence-corrected chi connectivity index (χ2v) is 5.01. The molecule has 116 valence electrons. The number of hydrogen-bond acceptors (Lipinski definition) is 7. The van der Waals surface area contributed by atoms with Crippen LogP contribution in [0.2, 0.25) is 0 Å². The van der Waals surface area contributed by atoms with Crippen LogP contribution in [0.3, 0.4) is 0 Å². The van der Waals surface area contributed by atoms with Gasteiger partial charge in [0.15, 0.2) is 0 Å². The molecule has 1 atom stereocenters. The molecule has 1 aliphatic rings. The summed E-state index contributed by atoms with van der Waals surface area (Å²) < 4.78 is 9.68. The molecule has 0 aromatic carbocycles. The minimum absolute atomic E-state index is 0.0451. The molecule has 2 rings (SSSR count). The van der Waals surface area contributed by atoms with E-state index >= 15 is 0 Å². The Balaban J connectivity index is 1.85. The summed E-state index contributed by atoms with van der Waals surface area (Å²) in [6.07, 6.45) is 2.80. The summed E-state index contributed by atoms with van der Waals surface area (Å²) in [6, 6.07) is 0.0451. The van der Waals surface area contributed by atoms with E-state index < -0.39 is 0 Å². The van der Waals surface area contributed by atoms with Crippen molar-refractivity contribution in [3.63, 3.8) is 0 Å². The summed E-state index contributed by atoms with van der Waals surface area (Å²) in [6.45, 7) is 1.35. The zero-order valence-electron chi connectivity index (χ0n) is 12.3. The highest BCUT2D eigenvalue weighted by molar-refractivity contribution is 5.90. The standard InChI is InChI=1S/C13H20N4O4/c1-17(8-4-6-10(18)20-2)13(19)11-15-12(21-16-11)9-5-3-7-14-9/h9,14H,3-8H2,1-2H3. The van der Waals surface area contributed by atoms with Crippen molar-refractivity contribution < 1.29 is 18.8 Å². The van der Waals surface area contributed by atoms with Crippen molar-refractivity contribution in [2.24, 2.45) is 0 Å². The predicted octanol–water partition coefficient (Wildman–Crippen LogP) is 0.519. The van der Waals surface area contributed by atoms with E-state index in [1.54, 1.807) is 7.05 Å². The van der Waals surface area contributed by atoms with Crippen LogP contribution < -0.4 is 5.32 Å². The lowest BCUT2D eigenvalue weighted by atomic mass is 10.2. The van der Waals surface area contributed by atoms with Crippen LogP contribution in [-0.4, -0.2) is 54.2 Å². The topological polar surface area (TPSA) is 97.6 Å². The summed E-state index contributed by atoms with van der Waals surface area (Å²) >= 11 is 0. The van der Waals surface area contributed by atoms with Gasteiger partial charge in [-0.25, -0.2) is 0 Å². The molecular formula is C13H20N4O4. The van der Waals surface area contributed by atoms with Gasteiger partial charge in [0.2, 0.25) is 5.89 Å². The molecule has 0 saturated carbocycles. The molecule has 8 nitrogen and oxygen atoms in total. The van der Waals surface area contributed by atoms with Gasteiger partial charge < -0.3 is 19.5 Å². The predicted molar refractivity (Wildman–Crippen MR) is 72.5 cm³/mol. The average molecular weight is 296 g/mol. The van der Waals surface area contributed by atoms with Crippen LogP contribution in [0.25, 0.3) is 0 Å². The first-order chi connectivity index (χ1) is 10.1. The van der Waals surface area contributed by atoms with Crippen LogP contribution >= 0.6 is 0 Å². The zero-order valence-corrected chi connectivity index (χ0v) is 12.3. The van der Waals surface area contributed by atoms with Gasteiger partial charge >= 0.3 is 5.97 Å². The minimum Gasteiger partial charge on any atom is -0.469 e. The van der Waals surface area contributed by atoms with Gasteiger partial charge in [-0.05, 0) is 25.8 Å². The highest BCUT2D eigenvalue weighted by Crippen LogP contribution is 2.21. The van der Waals surface area contributed by atoms with E-state index in [2.05, 4.69) is 20.2 Å². The Morgan fingerprint density at radius 2 is 2.33 bits per heavy atom. The van der Waals surface area contributed by atoms with Gasteiger partial charge in [-0.15, -0.1) is 0 Å². The molecule has 1 amide bonds. The maximum absolute atomic E-state index is 12.1. The number of rotatable bonds is 6. The summed E-state index contributed by atoms with van der Waals surface area (Å²) in [5.41, 5.74) is 0. The highest BCUT2D eigenvalue weighted by Gasteiger charge is 2.25. The van der Waals surface area contributed by atoms with Crippen LogP contribution in [0, 0.1) is 0 Å². The third-order valence-corrected chi connectivity index (χ3v) is 3.44. The molecule has 0 aliphatic carbocycles. The Morgan fingerprint density at radius 3 is 3.00 bits per heavy atom. The Kier molecular flexibility index (Phi) is 5.26. The van der Waals surface area contributed by atoms with Crippen molar-refractivity contribution >= 4 is 11.9 Å². The summed E-state index contributed by atoms with van der Waals surface area (Å²) in [5.74, 6) is -0.0871. The van der Waals surface area contributed by atoms with Crippen LogP contribution in [0.4, 0.5) is 0 Å². The number of esters is 1. The molecule has 1 aliphatic heterocycles. The number of nitrogens with zero attached hydrogens (tertiary/aromatic N) is 3. The van der Waals surface area contributed by atoms with E-state index in [0.29, 0.717) is 18.9 Å². The molecule has 1 saturated heterocycles. The number of hydrogen-bond donors (Lipinski definition) is 1. The quantitative estimate of drug-likeness (QED) is 0.764. The molecule has 1 aromatic rings. The van der Waals surface area contributed by atoms with E-state index in [-0.39, 0.29) is 30.2 Å². The maximum atomic E-state index is 12.1. The van der Waals surface area contributed by atoms with Crippen LogP contribution in [0.15, 0.2) is 4.52 Å². The van der Waals surface area contributed by atoms with E-state index in [4.69, 9.17) is 4.52 Å². The summed E-state index contributed by atoms with van der Waals surface area (Å²) in [4.78, 5) is 28.8. The second kappa shape index (κ2) is 7.16. The maximum Gasteiger partial charge on any atom is 0.305 e. The van der Waals surface area contributed by atoms with E-state index in [1.807, 2.05) is 0 Å². The van der Waals surface area contributed by atoms with Gasteiger partial charge in [-0.1, -0.05) is 5.16 Å². The number of ether oxygens (including phenoxy) is 1. The molecule has 0 bridgehead atoms. The van der Waals surface area contributed by atoms with Gasteiger partial charge in [0.05, 0.1) is 13.2 Å². The third-order valence-electron chi connectivity index (χ3n) is 3.44. The number of nitrogens with one attached hydrogen (secondary N) is 1. The molecule has 21 heavy (non-hydrogen) atoms. The Morgan fingerprint density at radius 1 is 1.52 bits per heavy atom. The Hall–Kier alpha value is -1.96. The first-order valence-electron chi connectivity index (χ1n) is 7.01. The molecule has 8 heteroatoms. The van der Waals surface area contributed by atoms with Crippen LogP contribution in [0.1, 0.15) is 48.2 Å². The van der Waals surface area contributed by atoms with Crippen LogP contribution in [0.5, 0.6) is 0 Å². The number of carbonyl (C=O) groups excluding carboxylic acids is 2. The monoisotopic (exact) mass is 296 g/mol. The summed E-state index contributed by atoms with van der Waals surface area (Å²) in [5, 5.41) is 6.97. The smallest absolute Gasteiger partial charge is 0.305 e. The normalized spacial score (nSPS) is 17.7. The first kappa shape index (κ1) is 15.4. The molecule has 1 N–H and O–H groups in total. The second-order valence-electron chi connectivity index (χ2n) is 5.01. The largest absolute Gasteiger partial charge is 0.469 e. The molecule has 0 radical (unpaired) electrons. The Bertz CT molecular complexity index is 496. The lowest BCUT2D eigenvalue weighted by molar-refractivity contribution is -0.140. The fourth-order valence-corrected chi connectivity index (χ4v) is 2.19. The number of carbonyl (C=O) groups is 2. The molecule has 1 fully saturated rings. The van der Waals surface area contributed by atoms with Crippen molar-refractivity contribution in [3.05, 3.63) is 11.7 Å². The number of amides is 1. The molecule has 0 spiro atoms. The molecule has 1 unspecified atom stereocenters. The first-order valence-corrected chi connectivity index (χ1v) is 7.01. The molecule has 1 aromatic heterocycles. The SMILES string of the molecule is COC(=O)CCCN(C)C(=O)c1noc(C2CCCN2)n1. The van der Waals surface area contributed by atoms with Gasteiger partial charge in [-0.3, -0.25) is 9.59 Å². The van der Waals surface area contributed by atoms with Crippen molar-refractivity contribution in [1.82, 2.24) is 20.4 Å². The van der Waals surface area contributed by atoms with Gasteiger partial charge in [0, 0.05) is 20.0 Å². The number of aromatic nitrogens is 2. The van der Waals surface area contributed by atoms with Gasteiger partial charge in [-0.2, -0.15) is 4.98 Å². The van der Waals surface area contributed by atoms with Crippen molar-refractivity contribution in [1.29, 1.82) is 0 Å². The highest BCUT2D eigenvalue weighted by atomic mass is 16.5. The lowest BCUT2D eigenvalue weighted by Gasteiger charge is -2.14. The summed E-state index contributed by atoms with van der Waals surface area (Å²) in [7, 11) is 2.98. The van der Waals surface area contributed by atoms with Crippen molar-refractivity contribution in [2.75, 3.05) is 27.2 Å². The van der Waals surface area contributed by atoms with Crippen molar-refractivity contribution in [2.45, 2.75) is 31.7 Å². The Labute approximate surface area is 122 Å². The van der Waals surface area contributed by atoms with Crippen LogP contribution in [-0.2, 0) is 9.53 Å². The van der Waals surface area contributed by atoms with Gasteiger partial charge in [0.25, 0.3) is 11.7 Å². The molecule has 2 heterocycles. The minimum atomic E-state index is -0.312. The molecular weight excluding hydrogens is 276 g/mol. The van der Waals surface area contributed by atoms with E-state index in [0.717, 1.165) is 19.4 Å². The zero-order chi connectivity index (χ0) is 15.2. The fourth-order valence-electron chi connectivity index (χ4n) is 2.19. The fraction of sp³-hybridized carbons (Fsp3) is 0.692.